The smallest absolute Gasteiger partial charge is 0.0123 e. The van der Waals surface area contributed by atoms with E-state index in [1.807, 2.05) is 0 Å². The van der Waals surface area contributed by atoms with Gasteiger partial charge in [0.05, 0.1) is 0 Å². The maximum Gasteiger partial charge on any atom is -0.0123 e. The average Bonchev–Trinajstić information content (AvgIpc) is 2.29. The van der Waals surface area contributed by atoms with Crippen molar-refractivity contribution >= 4 is 0 Å². The minimum absolute atomic E-state index is 1.09. The molecule has 0 nitrogen and oxygen atoms in total. The lowest BCUT2D eigenvalue weighted by Gasteiger charge is -2.13. The molecular formula is C16H18. The van der Waals surface area contributed by atoms with Gasteiger partial charge in [-0.15, -0.1) is 0 Å². The van der Waals surface area contributed by atoms with Gasteiger partial charge in [-0.1, -0.05) is 49.4 Å². The second-order valence-electron chi connectivity index (χ2n) is 4.28. The quantitative estimate of drug-likeness (QED) is 0.683. The van der Waals surface area contributed by atoms with Gasteiger partial charge in [-0.2, -0.15) is 0 Å². The Bertz CT molecular complexity index is 475. The van der Waals surface area contributed by atoms with Crippen molar-refractivity contribution in [3.05, 3.63) is 59.2 Å². The molecule has 0 heteroatoms. The molecule has 0 fully saturated rings. The monoisotopic (exact) mass is 210 g/mol. The molecule has 0 atom stereocenters. The molecule has 0 unspecified atom stereocenters. The molecule has 0 N–H and O–H groups in total. The molecule has 0 aromatic heterocycles. The van der Waals surface area contributed by atoms with E-state index in [0.717, 1.165) is 6.42 Å². The van der Waals surface area contributed by atoms with Gasteiger partial charge in [0.15, 0.2) is 0 Å². The van der Waals surface area contributed by atoms with Crippen LogP contribution in [0.1, 0.15) is 23.6 Å². The number of hydrogen-bond acceptors (Lipinski definition) is 0. The van der Waals surface area contributed by atoms with Crippen molar-refractivity contribution in [2.24, 2.45) is 0 Å². The summed E-state index contributed by atoms with van der Waals surface area (Å²) < 4.78 is 0. The van der Waals surface area contributed by atoms with Crippen LogP contribution in [-0.2, 0) is 6.42 Å². The van der Waals surface area contributed by atoms with Crippen LogP contribution in [0, 0.1) is 13.8 Å². The summed E-state index contributed by atoms with van der Waals surface area (Å²) in [6.07, 6.45) is 1.09. The van der Waals surface area contributed by atoms with Crippen molar-refractivity contribution in [1.29, 1.82) is 0 Å². The molecule has 2 aromatic rings. The summed E-state index contributed by atoms with van der Waals surface area (Å²) in [5, 5.41) is 0. The van der Waals surface area contributed by atoms with Crippen LogP contribution < -0.4 is 0 Å². The second-order valence-corrected chi connectivity index (χ2v) is 4.28. The van der Waals surface area contributed by atoms with Crippen molar-refractivity contribution in [1.82, 2.24) is 0 Å². The van der Waals surface area contributed by atoms with Gasteiger partial charge in [-0.05, 0) is 48.1 Å². The highest BCUT2D eigenvalue weighted by atomic mass is 14.1. The SMILES string of the molecule is CCc1ccccc1-c1c(C)cccc1C. The summed E-state index contributed by atoms with van der Waals surface area (Å²) in [4.78, 5) is 0. The molecule has 0 aliphatic rings. The van der Waals surface area contributed by atoms with Crippen molar-refractivity contribution in [3.8, 4) is 11.1 Å². The highest BCUT2D eigenvalue weighted by molar-refractivity contribution is 5.73. The average molecular weight is 210 g/mol. The van der Waals surface area contributed by atoms with Crippen LogP contribution in [0.4, 0.5) is 0 Å². The van der Waals surface area contributed by atoms with E-state index in [0.29, 0.717) is 0 Å². The molecular weight excluding hydrogens is 192 g/mol. The lowest BCUT2D eigenvalue weighted by molar-refractivity contribution is 1.14. The van der Waals surface area contributed by atoms with Gasteiger partial charge in [0.2, 0.25) is 0 Å². The summed E-state index contributed by atoms with van der Waals surface area (Å²) in [6, 6.07) is 15.2. The van der Waals surface area contributed by atoms with E-state index in [2.05, 4.69) is 63.2 Å². The van der Waals surface area contributed by atoms with E-state index >= 15 is 0 Å². The first-order valence-corrected chi connectivity index (χ1v) is 5.88. The summed E-state index contributed by atoms with van der Waals surface area (Å²) in [7, 11) is 0. The van der Waals surface area contributed by atoms with Crippen molar-refractivity contribution in [2.45, 2.75) is 27.2 Å². The van der Waals surface area contributed by atoms with Crippen LogP contribution in [0.5, 0.6) is 0 Å². The molecule has 0 bridgehead atoms. The number of benzene rings is 2. The standard InChI is InChI=1S/C16H18/c1-4-14-10-5-6-11-15(14)16-12(2)8-7-9-13(16)3/h5-11H,4H2,1-3H3. The predicted octanol–water partition coefficient (Wildman–Crippen LogP) is 4.53. The van der Waals surface area contributed by atoms with E-state index in [9.17, 15) is 0 Å². The highest BCUT2D eigenvalue weighted by Gasteiger charge is 2.07. The first-order chi connectivity index (χ1) is 7.74. The number of rotatable bonds is 2. The van der Waals surface area contributed by atoms with Crippen molar-refractivity contribution < 1.29 is 0 Å². The van der Waals surface area contributed by atoms with Gasteiger partial charge in [-0.25, -0.2) is 0 Å². The highest BCUT2D eigenvalue weighted by Crippen LogP contribution is 2.30. The molecule has 0 spiro atoms. The number of hydrogen-bond donors (Lipinski definition) is 0. The Hall–Kier alpha value is -1.56. The molecule has 0 aliphatic heterocycles. The fourth-order valence-corrected chi connectivity index (χ4v) is 2.31. The van der Waals surface area contributed by atoms with Gasteiger partial charge in [-0.3, -0.25) is 0 Å². The Morgan fingerprint density at radius 1 is 0.812 bits per heavy atom. The Balaban J connectivity index is 2.67. The van der Waals surface area contributed by atoms with Gasteiger partial charge >= 0.3 is 0 Å². The molecule has 0 saturated carbocycles. The summed E-state index contributed by atoms with van der Waals surface area (Å²) >= 11 is 0. The molecule has 0 saturated heterocycles. The third kappa shape index (κ3) is 1.88. The van der Waals surface area contributed by atoms with Crippen LogP contribution >= 0.6 is 0 Å². The molecule has 0 aliphatic carbocycles. The minimum atomic E-state index is 1.09. The Labute approximate surface area is 97.9 Å². The van der Waals surface area contributed by atoms with E-state index in [1.165, 1.54) is 27.8 Å². The summed E-state index contributed by atoms with van der Waals surface area (Å²) in [6.45, 7) is 6.59. The van der Waals surface area contributed by atoms with Gasteiger partial charge in [0, 0.05) is 0 Å². The Morgan fingerprint density at radius 3 is 2.06 bits per heavy atom. The zero-order valence-electron chi connectivity index (χ0n) is 10.2. The van der Waals surface area contributed by atoms with Gasteiger partial charge < -0.3 is 0 Å². The fourth-order valence-electron chi connectivity index (χ4n) is 2.31. The predicted molar refractivity (Wildman–Crippen MR) is 70.7 cm³/mol. The van der Waals surface area contributed by atoms with Crippen LogP contribution in [0.25, 0.3) is 11.1 Å². The maximum atomic E-state index is 2.23. The van der Waals surface area contributed by atoms with Crippen LogP contribution in [-0.4, -0.2) is 0 Å². The topological polar surface area (TPSA) is 0 Å². The molecule has 16 heavy (non-hydrogen) atoms. The third-order valence-corrected chi connectivity index (χ3v) is 3.15. The first-order valence-electron chi connectivity index (χ1n) is 5.88. The van der Waals surface area contributed by atoms with E-state index in [-0.39, 0.29) is 0 Å². The minimum Gasteiger partial charge on any atom is -0.0620 e. The van der Waals surface area contributed by atoms with E-state index < -0.39 is 0 Å². The number of aryl methyl sites for hydroxylation is 3. The van der Waals surface area contributed by atoms with Crippen LogP contribution in [0.2, 0.25) is 0 Å². The van der Waals surface area contributed by atoms with Crippen LogP contribution in [0.15, 0.2) is 42.5 Å². The lowest BCUT2D eigenvalue weighted by atomic mass is 9.91. The summed E-state index contributed by atoms with van der Waals surface area (Å²) in [5.41, 5.74) is 6.95. The molecule has 2 rings (SSSR count). The Morgan fingerprint density at radius 2 is 1.44 bits per heavy atom. The molecule has 0 amide bonds. The van der Waals surface area contributed by atoms with Gasteiger partial charge in [0.1, 0.15) is 0 Å². The van der Waals surface area contributed by atoms with Crippen molar-refractivity contribution in [3.63, 3.8) is 0 Å². The van der Waals surface area contributed by atoms with Crippen LogP contribution in [0.3, 0.4) is 0 Å². The van der Waals surface area contributed by atoms with E-state index in [4.69, 9.17) is 0 Å². The normalized spacial score (nSPS) is 10.4. The zero-order chi connectivity index (χ0) is 11.5. The molecule has 0 heterocycles. The molecule has 2 aromatic carbocycles. The first kappa shape index (κ1) is 10.9. The third-order valence-electron chi connectivity index (χ3n) is 3.15. The maximum absolute atomic E-state index is 2.23. The summed E-state index contributed by atoms with van der Waals surface area (Å²) in [5.74, 6) is 0. The zero-order valence-corrected chi connectivity index (χ0v) is 10.2. The molecule has 0 radical (unpaired) electrons. The second kappa shape index (κ2) is 4.52. The van der Waals surface area contributed by atoms with Gasteiger partial charge in [0.25, 0.3) is 0 Å². The van der Waals surface area contributed by atoms with Crippen molar-refractivity contribution in [2.75, 3.05) is 0 Å². The largest absolute Gasteiger partial charge is 0.0620 e. The fraction of sp³-hybridized carbons (Fsp3) is 0.250. The molecule has 82 valence electrons. The Kier molecular flexibility index (Phi) is 3.09. The van der Waals surface area contributed by atoms with E-state index in [1.54, 1.807) is 0 Å². The lowest BCUT2D eigenvalue weighted by Crippen LogP contribution is -1.92.